The maximum Gasteiger partial charge on any atom is 0.297 e. The van der Waals surface area contributed by atoms with Crippen LogP contribution < -0.4 is 14.2 Å². The van der Waals surface area contributed by atoms with E-state index < -0.39 is 0 Å². The molecule has 2 aromatic carbocycles. The van der Waals surface area contributed by atoms with E-state index in [1.807, 2.05) is 37.3 Å². The lowest BCUT2D eigenvalue weighted by atomic mass is 10.3. The van der Waals surface area contributed by atoms with Gasteiger partial charge < -0.3 is 14.2 Å². The molecule has 0 aliphatic carbocycles. The number of benzene rings is 2. The van der Waals surface area contributed by atoms with E-state index in [0.717, 1.165) is 16.3 Å². The molecule has 0 saturated carbocycles. The summed E-state index contributed by atoms with van der Waals surface area (Å²) in [5.74, 6) is 2.05. The SMILES string of the molecule is CCOc1cccc(OCCOc2ccccc2[N+](C)=O)c1. The Hall–Kier alpha value is -2.56. The first kappa shape index (κ1) is 15.8. The standard InChI is InChI=1S/C17H20NO4/c1-3-20-14-7-6-8-15(13-14)21-11-12-22-17-10-5-4-9-16(17)18(2)19/h4-10,13H,3,11-12H2,1-2H3/q+1. The van der Waals surface area contributed by atoms with Crippen molar-refractivity contribution in [1.82, 2.24) is 0 Å². The molecule has 22 heavy (non-hydrogen) atoms. The Morgan fingerprint density at radius 1 is 0.909 bits per heavy atom. The molecule has 0 atom stereocenters. The number of ether oxygens (including phenoxy) is 3. The highest BCUT2D eigenvalue weighted by Gasteiger charge is 2.14. The molecule has 0 spiro atoms. The van der Waals surface area contributed by atoms with Crippen LogP contribution in [0.25, 0.3) is 0 Å². The fraction of sp³-hybridized carbons (Fsp3) is 0.294. The van der Waals surface area contributed by atoms with Gasteiger partial charge in [0.2, 0.25) is 0 Å². The third-order valence-electron chi connectivity index (χ3n) is 2.93. The summed E-state index contributed by atoms with van der Waals surface area (Å²) in [6.07, 6.45) is 0. The van der Waals surface area contributed by atoms with Crippen molar-refractivity contribution in [2.45, 2.75) is 6.92 Å². The molecule has 2 aromatic rings. The van der Waals surface area contributed by atoms with Crippen LogP contribution in [0.5, 0.6) is 17.2 Å². The lowest BCUT2D eigenvalue weighted by Gasteiger charge is -2.09. The van der Waals surface area contributed by atoms with E-state index in [0.29, 0.717) is 31.3 Å². The Bertz CT molecular complexity index is 628. The van der Waals surface area contributed by atoms with E-state index in [-0.39, 0.29) is 0 Å². The zero-order chi connectivity index (χ0) is 15.8. The van der Waals surface area contributed by atoms with Gasteiger partial charge in [-0.2, -0.15) is 0 Å². The highest BCUT2D eigenvalue weighted by molar-refractivity contribution is 5.45. The Labute approximate surface area is 130 Å². The molecule has 0 aromatic heterocycles. The van der Waals surface area contributed by atoms with Gasteiger partial charge in [-0.25, -0.2) is 0 Å². The smallest absolute Gasteiger partial charge is 0.297 e. The maximum atomic E-state index is 11.4. The van der Waals surface area contributed by atoms with Crippen molar-refractivity contribution < 1.29 is 19.0 Å². The van der Waals surface area contributed by atoms with Crippen LogP contribution >= 0.6 is 0 Å². The zero-order valence-corrected chi connectivity index (χ0v) is 12.8. The molecule has 0 unspecified atom stereocenters. The lowest BCUT2D eigenvalue weighted by molar-refractivity contribution is -0.429. The van der Waals surface area contributed by atoms with E-state index in [4.69, 9.17) is 14.2 Å². The molecule has 5 heteroatoms. The predicted octanol–water partition coefficient (Wildman–Crippen LogP) is 3.58. The second-order valence-corrected chi connectivity index (χ2v) is 4.57. The molecule has 0 heterocycles. The second kappa shape index (κ2) is 8.02. The van der Waals surface area contributed by atoms with Gasteiger partial charge in [-0.1, -0.05) is 18.2 Å². The molecular weight excluding hydrogens is 282 g/mol. The van der Waals surface area contributed by atoms with E-state index in [1.165, 1.54) is 7.05 Å². The summed E-state index contributed by atoms with van der Waals surface area (Å²) in [6, 6.07) is 14.6. The minimum atomic E-state index is 0.351. The van der Waals surface area contributed by atoms with Crippen molar-refractivity contribution in [2.75, 3.05) is 26.9 Å². The van der Waals surface area contributed by atoms with Gasteiger partial charge in [0.1, 0.15) is 24.7 Å². The highest BCUT2D eigenvalue weighted by Crippen LogP contribution is 2.25. The van der Waals surface area contributed by atoms with Crippen LogP contribution in [0.2, 0.25) is 0 Å². The average molecular weight is 302 g/mol. The summed E-state index contributed by atoms with van der Waals surface area (Å²) in [6.45, 7) is 3.29. The van der Waals surface area contributed by atoms with Crippen molar-refractivity contribution in [3.63, 3.8) is 0 Å². The van der Waals surface area contributed by atoms with Crippen molar-refractivity contribution in [3.8, 4) is 17.2 Å². The number of nitroso groups, excluding NO2 is 1. The first-order valence-corrected chi connectivity index (χ1v) is 7.19. The van der Waals surface area contributed by atoms with E-state index in [9.17, 15) is 4.91 Å². The normalized spacial score (nSPS) is 10.1. The molecule has 0 aliphatic heterocycles. The highest BCUT2D eigenvalue weighted by atomic mass is 16.5. The number of hydrogen-bond donors (Lipinski definition) is 0. The van der Waals surface area contributed by atoms with E-state index >= 15 is 0 Å². The molecule has 0 amide bonds. The van der Waals surface area contributed by atoms with Crippen LogP contribution in [0.4, 0.5) is 5.69 Å². The number of nitrogens with zero attached hydrogens (tertiary/aromatic N) is 1. The Kier molecular flexibility index (Phi) is 5.77. The summed E-state index contributed by atoms with van der Waals surface area (Å²) in [4.78, 5) is 11.4. The van der Waals surface area contributed by atoms with Gasteiger partial charge in [-0.05, 0) is 25.1 Å². The lowest BCUT2D eigenvalue weighted by Crippen LogP contribution is -2.10. The van der Waals surface area contributed by atoms with E-state index in [2.05, 4.69) is 0 Å². The molecule has 0 fully saturated rings. The summed E-state index contributed by atoms with van der Waals surface area (Å²) in [5, 5.41) is 0. The third-order valence-corrected chi connectivity index (χ3v) is 2.93. The monoisotopic (exact) mass is 302 g/mol. The van der Waals surface area contributed by atoms with Crippen LogP contribution in [0.1, 0.15) is 6.92 Å². The van der Waals surface area contributed by atoms with Gasteiger partial charge in [-0.3, -0.25) is 0 Å². The minimum absolute atomic E-state index is 0.351. The van der Waals surface area contributed by atoms with Gasteiger partial charge in [-0.15, -0.1) is 0 Å². The largest absolute Gasteiger partial charge is 0.494 e. The van der Waals surface area contributed by atoms with Crippen LogP contribution in [-0.4, -0.2) is 31.6 Å². The molecule has 0 bridgehead atoms. The fourth-order valence-electron chi connectivity index (χ4n) is 1.97. The van der Waals surface area contributed by atoms with E-state index in [1.54, 1.807) is 18.2 Å². The average Bonchev–Trinajstić information content (AvgIpc) is 2.52. The van der Waals surface area contributed by atoms with Crippen LogP contribution in [0, 0.1) is 4.91 Å². The fourth-order valence-corrected chi connectivity index (χ4v) is 1.97. The summed E-state index contributed by atoms with van der Waals surface area (Å²) in [5.41, 5.74) is 0.501. The molecule has 0 aliphatic rings. The molecule has 2 rings (SSSR count). The Morgan fingerprint density at radius 2 is 1.59 bits per heavy atom. The van der Waals surface area contributed by atoms with Gasteiger partial charge >= 0.3 is 0 Å². The summed E-state index contributed by atoms with van der Waals surface area (Å²) < 4.78 is 17.4. The van der Waals surface area contributed by atoms with Crippen molar-refractivity contribution >= 4 is 5.69 Å². The van der Waals surface area contributed by atoms with Crippen LogP contribution in [0.3, 0.4) is 0 Å². The van der Waals surface area contributed by atoms with Crippen LogP contribution in [0.15, 0.2) is 48.5 Å². The number of hydrogen-bond acceptors (Lipinski definition) is 4. The van der Waals surface area contributed by atoms with Crippen molar-refractivity contribution in [3.05, 3.63) is 53.4 Å². The summed E-state index contributed by atoms with van der Waals surface area (Å²) >= 11 is 0. The molecule has 0 radical (unpaired) electrons. The third kappa shape index (κ3) is 4.48. The molecular formula is C17H20NO4+. The summed E-state index contributed by atoms with van der Waals surface area (Å²) in [7, 11) is 1.44. The first-order valence-electron chi connectivity index (χ1n) is 7.19. The van der Waals surface area contributed by atoms with Crippen molar-refractivity contribution in [1.29, 1.82) is 0 Å². The Morgan fingerprint density at radius 3 is 2.32 bits per heavy atom. The zero-order valence-electron chi connectivity index (χ0n) is 12.8. The number of para-hydroxylation sites is 2. The predicted molar refractivity (Wildman–Crippen MR) is 84.3 cm³/mol. The maximum absolute atomic E-state index is 11.4. The minimum Gasteiger partial charge on any atom is -0.494 e. The molecule has 5 nitrogen and oxygen atoms in total. The topological polar surface area (TPSA) is 47.8 Å². The Balaban J connectivity index is 1.85. The first-order chi connectivity index (χ1) is 10.7. The number of rotatable bonds is 8. The second-order valence-electron chi connectivity index (χ2n) is 4.57. The van der Waals surface area contributed by atoms with Gasteiger partial charge in [0.25, 0.3) is 5.69 Å². The van der Waals surface area contributed by atoms with Gasteiger partial charge in [0.05, 0.1) is 6.61 Å². The van der Waals surface area contributed by atoms with Gasteiger partial charge in [0, 0.05) is 21.8 Å². The molecule has 0 saturated heterocycles. The molecule has 116 valence electrons. The van der Waals surface area contributed by atoms with Gasteiger partial charge in [0.15, 0.2) is 12.8 Å². The van der Waals surface area contributed by atoms with Crippen molar-refractivity contribution in [2.24, 2.45) is 0 Å². The molecule has 0 N–H and O–H groups in total. The van der Waals surface area contributed by atoms with Crippen LogP contribution in [-0.2, 0) is 0 Å². The quantitative estimate of drug-likeness (QED) is 0.552.